The van der Waals surface area contributed by atoms with Crippen LogP contribution in [-0.4, -0.2) is 18.3 Å². The van der Waals surface area contributed by atoms with E-state index in [0.717, 1.165) is 38.8 Å². The summed E-state index contributed by atoms with van der Waals surface area (Å²) >= 11 is 0. The van der Waals surface area contributed by atoms with E-state index in [0.29, 0.717) is 0 Å². The van der Waals surface area contributed by atoms with Gasteiger partial charge in [-0.2, -0.15) is 0 Å². The predicted octanol–water partition coefficient (Wildman–Crippen LogP) is 31.4. The maximum absolute atomic E-state index is 2.46. The van der Waals surface area contributed by atoms with Gasteiger partial charge in [0, 0.05) is 122 Å². The van der Waals surface area contributed by atoms with Gasteiger partial charge in [0.25, 0.3) is 0 Å². The standard InChI is InChI=1S/2C20H15N.2C17H15N.2C3H8.10C2H6/c1-21-18-9-5-4-8-16(18)17-11-10-14-12-13-6-2-3-7-15(13)19(14)20(17)21;1-21-18-9-5-4-8-16(18)20-17-12-13-6-2-3-7-14(13)15(17)10-11-19(20)21;1-2-18-16-10-6-5-9-14(16)15-11-12-7-3-4-8-13(12)17(15)18;1-2-18-15-10-6-5-9-14(15)17-13-8-4-3-7-12(13)11-16(17)18;2*1-3-2;10*1-2/h2*2-11H,12H2,1H3;2*3-10H,2,11H2,1H3;2*3H2,1-2H3;10*1-2H3. The van der Waals surface area contributed by atoms with Crippen LogP contribution in [0.2, 0.25) is 0 Å². The number of rotatable bonds is 2. The summed E-state index contributed by atoms with van der Waals surface area (Å²) in [4.78, 5) is 0. The van der Waals surface area contributed by atoms with Crippen molar-refractivity contribution in [3.05, 3.63) is 263 Å². The van der Waals surface area contributed by atoms with Gasteiger partial charge in [-0.15, -0.1) is 0 Å². The van der Waals surface area contributed by atoms with Crippen LogP contribution in [0.1, 0.15) is 237 Å². The first kappa shape index (κ1) is 89.1. The molecule has 0 aliphatic heterocycles. The second kappa shape index (κ2) is 47.3. The molecule has 556 valence electrons. The molecule has 4 heteroatoms. The number of hydrogen-bond acceptors (Lipinski definition) is 0. The fourth-order valence-electron chi connectivity index (χ4n) is 14.4. The van der Waals surface area contributed by atoms with E-state index in [4.69, 9.17) is 0 Å². The second-order valence-corrected chi connectivity index (χ2v) is 23.1. The van der Waals surface area contributed by atoms with E-state index in [-0.39, 0.29) is 0 Å². The van der Waals surface area contributed by atoms with Gasteiger partial charge in [-0.3, -0.25) is 0 Å². The molecule has 0 spiro atoms. The average Bonchev–Trinajstić information content (AvgIpc) is 1.60. The van der Waals surface area contributed by atoms with Crippen LogP contribution < -0.4 is 0 Å². The molecule has 4 aliphatic carbocycles. The van der Waals surface area contributed by atoms with Crippen molar-refractivity contribution in [1.82, 2.24) is 18.3 Å². The summed E-state index contributed by atoms with van der Waals surface area (Å²) in [5.41, 5.74) is 31.3. The maximum Gasteiger partial charge on any atom is 0.0571 e. The molecule has 18 rings (SSSR count). The summed E-state index contributed by atoms with van der Waals surface area (Å²) < 4.78 is 9.58. The molecule has 0 saturated carbocycles. The lowest BCUT2D eigenvalue weighted by Crippen LogP contribution is -1.99. The van der Waals surface area contributed by atoms with E-state index in [9.17, 15) is 0 Å². The van der Waals surface area contributed by atoms with Gasteiger partial charge in [0.1, 0.15) is 0 Å². The average molecular weight is 1390 g/mol. The van der Waals surface area contributed by atoms with Crippen LogP contribution in [-0.2, 0) is 52.9 Å². The minimum atomic E-state index is 1.03. The molecule has 0 radical (unpaired) electrons. The highest BCUT2D eigenvalue weighted by molar-refractivity contribution is 6.15. The lowest BCUT2D eigenvalue weighted by atomic mass is 10.0. The molecule has 14 aromatic rings. The number of aromatic nitrogens is 4. The van der Waals surface area contributed by atoms with E-state index in [2.05, 4.69) is 292 Å². The first-order valence-corrected chi connectivity index (χ1v) is 40.8. The summed E-state index contributed by atoms with van der Waals surface area (Å²) in [5.74, 6) is 0. The third-order valence-corrected chi connectivity index (χ3v) is 17.8. The Morgan fingerprint density at radius 2 is 0.625 bits per heavy atom. The molecular weight excluding hydrogens is 1260 g/mol. The minimum absolute atomic E-state index is 1.03. The Bertz CT molecular complexity index is 4770. The van der Waals surface area contributed by atoms with Crippen molar-refractivity contribution < 1.29 is 0 Å². The van der Waals surface area contributed by atoms with Crippen molar-refractivity contribution in [3.63, 3.8) is 0 Å². The predicted molar refractivity (Wildman–Crippen MR) is 474 cm³/mol. The van der Waals surface area contributed by atoms with E-state index in [1.807, 2.05) is 138 Å². The van der Waals surface area contributed by atoms with Gasteiger partial charge >= 0.3 is 0 Å². The molecule has 0 fully saturated rings. The van der Waals surface area contributed by atoms with Gasteiger partial charge < -0.3 is 18.3 Å². The Labute approximate surface area is 633 Å². The van der Waals surface area contributed by atoms with E-state index < -0.39 is 0 Å². The third kappa shape index (κ3) is 18.7. The van der Waals surface area contributed by atoms with E-state index >= 15 is 0 Å². The molecule has 104 heavy (non-hydrogen) atoms. The summed E-state index contributed by atoms with van der Waals surface area (Å²) in [7, 11) is 4.35. The van der Waals surface area contributed by atoms with Gasteiger partial charge in [0.2, 0.25) is 0 Å². The minimum Gasteiger partial charge on any atom is -0.344 e. The van der Waals surface area contributed by atoms with Crippen LogP contribution in [0.4, 0.5) is 0 Å². The molecular formula is C100H136N4. The fourth-order valence-corrected chi connectivity index (χ4v) is 14.4. The molecule has 10 aromatic carbocycles. The molecule has 4 heterocycles. The van der Waals surface area contributed by atoms with Crippen LogP contribution in [0.15, 0.2) is 218 Å². The SMILES string of the molecule is CC.CC.CC.CC.CC.CC.CC.CC.CC.CC.CCC.CCC.CCn1c2c(c3ccccc31)-c1ccccc1C2.CCn1c2c(c3ccccc31)Cc1ccccc1-2.Cn1c2ccccc2c2c3c(ccc21)-c1ccccc1C3.Cn1c2ccccc2c2ccc3c(c21)-c1ccccc1C3. The van der Waals surface area contributed by atoms with Crippen molar-refractivity contribution >= 4 is 65.4 Å². The summed E-state index contributed by atoms with van der Waals surface area (Å²) in [5, 5.41) is 8.34. The largest absolute Gasteiger partial charge is 0.344 e. The number of nitrogens with zero attached hydrogens (tertiary/aromatic N) is 4. The van der Waals surface area contributed by atoms with Crippen LogP contribution in [0.3, 0.4) is 0 Å². The Hall–Kier alpha value is -9.12. The van der Waals surface area contributed by atoms with Crippen molar-refractivity contribution in [2.75, 3.05) is 0 Å². The van der Waals surface area contributed by atoms with Gasteiger partial charge in [0.15, 0.2) is 0 Å². The molecule has 0 amide bonds. The lowest BCUT2D eigenvalue weighted by molar-refractivity contribution is 0.759. The first-order chi connectivity index (χ1) is 51.3. The normalized spacial score (nSPS) is 10.5. The summed E-state index contributed by atoms with van der Waals surface area (Å²) in [6, 6.07) is 79.3. The Morgan fingerprint density at radius 3 is 1.14 bits per heavy atom. The number of para-hydroxylation sites is 4. The molecule has 4 nitrogen and oxygen atoms in total. The second-order valence-electron chi connectivity index (χ2n) is 23.1. The summed E-state index contributed by atoms with van der Waals surface area (Å²) in [6.45, 7) is 55.0. The van der Waals surface area contributed by atoms with Crippen LogP contribution in [0, 0.1) is 0 Å². The zero-order chi connectivity index (χ0) is 77.6. The zero-order valence-electron chi connectivity index (χ0n) is 70.2. The third-order valence-electron chi connectivity index (χ3n) is 17.8. The Kier molecular flexibility index (Phi) is 40.5. The van der Waals surface area contributed by atoms with Crippen molar-refractivity contribution in [2.45, 2.75) is 232 Å². The molecule has 0 saturated heterocycles. The lowest BCUT2D eigenvalue weighted by Gasteiger charge is -2.07. The van der Waals surface area contributed by atoms with Crippen LogP contribution >= 0.6 is 0 Å². The van der Waals surface area contributed by atoms with Gasteiger partial charge in [0.05, 0.1) is 11.2 Å². The maximum atomic E-state index is 2.46. The highest BCUT2D eigenvalue weighted by Gasteiger charge is 2.28. The van der Waals surface area contributed by atoms with Gasteiger partial charge in [-0.1, -0.05) is 367 Å². The molecule has 4 aliphatic rings. The fraction of sp³-hybridized carbons (Fsp3) is 0.360. The summed E-state index contributed by atoms with van der Waals surface area (Å²) in [6.07, 6.45) is 6.77. The highest BCUT2D eigenvalue weighted by Crippen LogP contribution is 2.47. The van der Waals surface area contributed by atoms with Gasteiger partial charge in [-0.25, -0.2) is 0 Å². The smallest absolute Gasteiger partial charge is 0.0571 e. The Morgan fingerprint density at radius 1 is 0.250 bits per heavy atom. The van der Waals surface area contributed by atoms with E-state index in [1.165, 1.54) is 168 Å². The Balaban J connectivity index is 0.000000326. The van der Waals surface area contributed by atoms with Crippen molar-refractivity contribution in [1.29, 1.82) is 0 Å². The monoisotopic (exact) mass is 1390 g/mol. The molecule has 0 N–H and O–H groups in total. The molecule has 4 aromatic heterocycles. The van der Waals surface area contributed by atoms with Crippen molar-refractivity contribution in [2.24, 2.45) is 14.1 Å². The molecule has 0 atom stereocenters. The number of hydrogen-bond donors (Lipinski definition) is 0. The highest BCUT2D eigenvalue weighted by atomic mass is 15.0. The number of aryl methyl sites for hydroxylation is 4. The van der Waals surface area contributed by atoms with E-state index in [1.54, 1.807) is 0 Å². The topological polar surface area (TPSA) is 19.7 Å². The molecule has 0 bridgehead atoms. The zero-order valence-corrected chi connectivity index (χ0v) is 70.2. The van der Waals surface area contributed by atoms with Crippen LogP contribution in [0.25, 0.3) is 110 Å². The van der Waals surface area contributed by atoms with Crippen molar-refractivity contribution in [3.8, 4) is 44.6 Å². The quantitative estimate of drug-likeness (QED) is 0.164. The number of fused-ring (bicyclic) bond motifs is 24. The first-order valence-electron chi connectivity index (χ1n) is 40.8. The van der Waals surface area contributed by atoms with Crippen LogP contribution in [0.5, 0.6) is 0 Å². The van der Waals surface area contributed by atoms with Gasteiger partial charge in [-0.05, 0) is 118 Å². The molecule has 0 unspecified atom stereocenters. The number of benzene rings is 10.